The summed E-state index contributed by atoms with van der Waals surface area (Å²) in [7, 11) is 0. The summed E-state index contributed by atoms with van der Waals surface area (Å²) in [4.78, 5) is 0.938. The van der Waals surface area contributed by atoms with Crippen molar-refractivity contribution in [2.24, 2.45) is 5.92 Å². The summed E-state index contributed by atoms with van der Waals surface area (Å²) in [5.74, 6) is 0.112. The van der Waals surface area contributed by atoms with Crippen molar-refractivity contribution in [1.82, 2.24) is 0 Å². The lowest BCUT2D eigenvalue weighted by Crippen LogP contribution is -2.31. The van der Waals surface area contributed by atoms with Gasteiger partial charge >= 0.3 is 0 Å². The van der Waals surface area contributed by atoms with Crippen LogP contribution in [0.2, 0.25) is 0 Å². The quantitative estimate of drug-likeness (QED) is 0.512. The van der Waals surface area contributed by atoms with E-state index >= 15 is 0 Å². The van der Waals surface area contributed by atoms with Gasteiger partial charge in [0.25, 0.3) is 0 Å². The van der Waals surface area contributed by atoms with E-state index in [0.717, 1.165) is 4.91 Å². The molecule has 0 saturated heterocycles. The van der Waals surface area contributed by atoms with Gasteiger partial charge in [-0.1, -0.05) is 25.2 Å². The van der Waals surface area contributed by atoms with E-state index in [0.29, 0.717) is 0 Å². The second-order valence-corrected chi connectivity index (χ2v) is 3.41. The zero-order valence-corrected chi connectivity index (χ0v) is 7.10. The van der Waals surface area contributed by atoms with E-state index in [9.17, 15) is 5.11 Å². The lowest BCUT2D eigenvalue weighted by molar-refractivity contribution is 0.0716. The van der Waals surface area contributed by atoms with Gasteiger partial charge in [0, 0.05) is 5.92 Å². The van der Waals surface area contributed by atoms with Gasteiger partial charge in [-0.15, -0.1) is 12.6 Å². The SMILES string of the molecule is CC1C(S)=CC=CC1(C)O. The van der Waals surface area contributed by atoms with Crippen LogP contribution in [0, 0.1) is 5.92 Å². The van der Waals surface area contributed by atoms with Gasteiger partial charge in [0.15, 0.2) is 0 Å². The van der Waals surface area contributed by atoms with Crippen molar-refractivity contribution in [3.8, 4) is 0 Å². The largest absolute Gasteiger partial charge is 0.385 e. The van der Waals surface area contributed by atoms with Crippen LogP contribution < -0.4 is 0 Å². The number of rotatable bonds is 0. The second kappa shape index (κ2) is 2.44. The van der Waals surface area contributed by atoms with Gasteiger partial charge in [0.2, 0.25) is 0 Å². The van der Waals surface area contributed by atoms with E-state index in [4.69, 9.17) is 0 Å². The Morgan fingerprint density at radius 3 is 2.70 bits per heavy atom. The van der Waals surface area contributed by atoms with Gasteiger partial charge in [-0.2, -0.15) is 0 Å². The Kier molecular flexibility index (Phi) is 1.92. The first-order valence-electron chi connectivity index (χ1n) is 3.35. The molecule has 0 fully saturated rings. The Labute approximate surface area is 66.9 Å². The first kappa shape index (κ1) is 7.89. The molecule has 2 atom stereocenters. The van der Waals surface area contributed by atoms with E-state index in [1.165, 1.54) is 0 Å². The van der Waals surface area contributed by atoms with Crippen LogP contribution in [0.3, 0.4) is 0 Å². The topological polar surface area (TPSA) is 20.2 Å². The van der Waals surface area contributed by atoms with Crippen LogP contribution in [-0.2, 0) is 0 Å². The summed E-state index contributed by atoms with van der Waals surface area (Å²) in [6, 6.07) is 0. The highest BCUT2D eigenvalue weighted by molar-refractivity contribution is 7.84. The van der Waals surface area contributed by atoms with Crippen molar-refractivity contribution in [2.45, 2.75) is 19.4 Å². The van der Waals surface area contributed by atoms with Crippen LogP contribution in [0.15, 0.2) is 23.1 Å². The molecule has 0 amide bonds. The molecule has 0 aromatic rings. The number of aliphatic hydroxyl groups is 1. The molecule has 56 valence electrons. The molecule has 10 heavy (non-hydrogen) atoms. The zero-order valence-electron chi connectivity index (χ0n) is 6.20. The standard InChI is InChI=1S/C8H12OS/c1-6-7(10)4-3-5-8(6,2)9/h3-6,9-10H,1-2H3. The summed E-state index contributed by atoms with van der Waals surface area (Å²) in [5, 5.41) is 9.64. The predicted molar refractivity (Wildman–Crippen MR) is 46.0 cm³/mol. The smallest absolute Gasteiger partial charge is 0.0873 e. The lowest BCUT2D eigenvalue weighted by Gasteiger charge is -2.29. The molecule has 2 unspecified atom stereocenters. The number of allylic oxidation sites excluding steroid dienone is 2. The minimum atomic E-state index is -0.716. The molecule has 1 aliphatic rings. The minimum Gasteiger partial charge on any atom is -0.385 e. The van der Waals surface area contributed by atoms with Crippen LogP contribution in [-0.4, -0.2) is 10.7 Å². The molecule has 0 heterocycles. The molecule has 0 radical (unpaired) electrons. The lowest BCUT2D eigenvalue weighted by atomic mass is 9.87. The summed E-state index contributed by atoms with van der Waals surface area (Å²) in [6.45, 7) is 3.75. The first-order valence-corrected chi connectivity index (χ1v) is 3.79. The van der Waals surface area contributed by atoms with Crippen molar-refractivity contribution >= 4 is 12.6 Å². The second-order valence-electron chi connectivity index (χ2n) is 2.90. The Bertz CT molecular complexity index is 191. The van der Waals surface area contributed by atoms with Gasteiger partial charge in [-0.25, -0.2) is 0 Å². The van der Waals surface area contributed by atoms with Crippen molar-refractivity contribution in [3.05, 3.63) is 23.1 Å². The van der Waals surface area contributed by atoms with Gasteiger partial charge in [0.05, 0.1) is 5.60 Å². The minimum absolute atomic E-state index is 0.112. The molecule has 2 heteroatoms. The highest BCUT2D eigenvalue weighted by Crippen LogP contribution is 2.30. The van der Waals surface area contributed by atoms with Crippen molar-refractivity contribution in [3.63, 3.8) is 0 Å². The van der Waals surface area contributed by atoms with Crippen LogP contribution in [0.5, 0.6) is 0 Å². The molecular formula is C8H12OS. The first-order chi connectivity index (χ1) is 4.54. The monoisotopic (exact) mass is 156 g/mol. The van der Waals surface area contributed by atoms with E-state index in [1.54, 1.807) is 13.0 Å². The Morgan fingerprint density at radius 1 is 1.70 bits per heavy atom. The maximum absolute atomic E-state index is 9.64. The van der Waals surface area contributed by atoms with E-state index in [-0.39, 0.29) is 5.92 Å². The number of thiol groups is 1. The van der Waals surface area contributed by atoms with Crippen molar-refractivity contribution in [2.75, 3.05) is 0 Å². The molecular weight excluding hydrogens is 144 g/mol. The third kappa shape index (κ3) is 1.27. The average Bonchev–Trinajstić information content (AvgIpc) is 1.83. The maximum atomic E-state index is 9.64. The molecule has 0 aromatic heterocycles. The van der Waals surface area contributed by atoms with E-state index in [1.807, 2.05) is 19.1 Å². The Balaban J connectivity index is 2.89. The van der Waals surface area contributed by atoms with Crippen LogP contribution >= 0.6 is 12.6 Å². The molecule has 1 aliphatic carbocycles. The van der Waals surface area contributed by atoms with Crippen LogP contribution in [0.25, 0.3) is 0 Å². The van der Waals surface area contributed by atoms with Crippen LogP contribution in [0.1, 0.15) is 13.8 Å². The van der Waals surface area contributed by atoms with Crippen molar-refractivity contribution in [1.29, 1.82) is 0 Å². The Hall–Kier alpha value is -0.210. The van der Waals surface area contributed by atoms with Crippen LogP contribution in [0.4, 0.5) is 0 Å². The Morgan fingerprint density at radius 2 is 2.30 bits per heavy atom. The third-order valence-corrected chi connectivity index (χ3v) is 2.56. The molecule has 0 bridgehead atoms. The summed E-state index contributed by atoms with van der Waals surface area (Å²) >= 11 is 4.22. The number of hydrogen-bond donors (Lipinski definition) is 2. The van der Waals surface area contributed by atoms with Gasteiger partial charge in [-0.3, -0.25) is 0 Å². The summed E-state index contributed by atoms with van der Waals surface area (Å²) in [5.41, 5.74) is -0.716. The molecule has 0 aliphatic heterocycles. The van der Waals surface area contributed by atoms with Gasteiger partial charge in [0.1, 0.15) is 0 Å². The van der Waals surface area contributed by atoms with Gasteiger partial charge < -0.3 is 5.11 Å². The summed E-state index contributed by atoms with van der Waals surface area (Å²) < 4.78 is 0. The summed E-state index contributed by atoms with van der Waals surface area (Å²) in [6.07, 6.45) is 5.53. The maximum Gasteiger partial charge on any atom is 0.0873 e. The average molecular weight is 156 g/mol. The predicted octanol–water partition coefficient (Wildman–Crippen LogP) is 1.76. The third-order valence-electron chi connectivity index (χ3n) is 2.02. The fourth-order valence-corrected chi connectivity index (χ4v) is 1.28. The fraction of sp³-hybridized carbons (Fsp3) is 0.500. The molecule has 1 N–H and O–H groups in total. The molecule has 0 saturated carbocycles. The highest BCUT2D eigenvalue weighted by Gasteiger charge is 2.28. The van der Waals surface area contributed by atoms with Gasteiger partial charge in [-0.05, 0) is 11.8 Å². The molecule has 0 aromatic carbocycles. The fourth-order valence-electron chi connectivity index (χ4n) is 0.930. The van der Waals surface area contributed by atoms with E-state index in [2.05, 4.69) is 12.6 Å². The molecule has 0 spiro atoms. The van der Waals surface area contributed by atoms with E-state index < -0.39 is 5.60 Å². The van der Waals surface area contributed by atoms with Crippen molar-refractivity contribution < 1.29 is 5.11 Å². The zero-order chi connectivity index (χ0) is 7.78. The number of hydrogen-bond acceptors (Lipinski definition) is 2. The molecule has 1 nitrogen and oxygen atoms in total. The molecule has 1 rings (SSSR count). The highest BCUT2D eigenvalue weighted by atomic mass is 32.1. The normalized spacial score (nSPS) is 39.6.